The van der Waals surface area contributed by atoms with Gasteiger partial charge in [-0.3, -0.25) is 14.6 Å². The van der Waals surface area contributed by atoms with E-state index in [9.17, 15) is 9.59 Å². The number of hydrogen-bond acceptors (Lipinski definition) is 4. The van der Waals surface area contributed by atoms with Gasteiger partial charge in [-0.2, -0.15) is 0 Å². The molecule has 4 rings (SSSR count). The van der Waals surface area contributed by atoms with Crippen molar-refractivity contribution in [3.05, 3.63) is 54.0 Å². The first-order valence-corrected chi connectivity index (χ1v) is 10.3. The predicted molar refractivity (Wildman–Crippen MR) is 114 cm³/mol. The minimum atomic E-state index is -0.0702. The van der Waals surface area contributed by atoms with E-state index < -0.39 is 0 Å². The molecule has 0 atom stereocenters. The number of nitrogens with one attached hydrogen (secondary N) is 1. The number of carbonyl (C=O) groups excluding carboxylic acids is 2. The monoisotopic (exact) mass is 409 g/mol. The standard InChI is InChI=1S/C22H27N5O3/c1-23-22(26-13-11-25(12-14-26)21(29)19-4-3-15-30-19)24-16-17-6-8-18(9-7-17)27-10-2-5-20(27)28/h3-4,6-9,15H,2,5,10-14,16H2,1H3,(H,23,24). The van der Waals surface area contributed by atoms with E-state index in [1.54, 1.807) is 24.1 Å². The second kappa shape index (κ2) is 9.02. The van der Waals surface area contributed by atoms with E-state index in [0.29, 0.717) is 44.9 Å². The second-order valence-corrected chi connectivity index (χ2v) is 7.47. The van der Waals surface area contributed by atoms with Crippen LogP contribution < -0.4 is 10.2 Å². The van der Waals surface area contributed by atoms with Gasteiger partial charge in [-0.15, -0.1) is 0 Å². The lowest BCUT2D eigenvalue weighted by molar-refractivity contribution is -0.117. The minimum absolute atomic E-state index is 0.0702. The maximum absolute atomic E-state index is 12.4. The molecular weight excluding hydrogens is 382 g/mol. The first-order valence-electron chi connectivity index (χ1n) is 10.3. The number of guanidine groups is 1. The number of anilines is 1. The minimum Gasteiger partial charge on any atom is -0.459 e. The Kier molecular flexibility index (Phi) is 6.02. The molecule has 2 aliphatic rings. The van der Waals surface area contributed by atoms with E-state index in [1.165, 1.54) is 6.26 Å². The number of aliphatic imine (C=N–C) groups is 1. The number of hydrogen-bond donors (Lipinski definition) is 1. The number of amides is 2. The molecule has 3 heterocycles. The Morgan fingerprint density at radius 3 is 2.40 bits per heavy atom. The van der Waals surface area contributed by atoms with Gasteiger partial charge in [0.1, 0.15) is 0 Å². The summed E-state index contributed by atoms with van der Waals surface area (Å²) in [4.78, 5) is 34.5. The lowest BCUT2D eigenvalue weighted by atomic mass is 10.2. The highest BCUT2D eigenvalue weighted by atomic mass is 16.3. The maximum atomic E-state index is 12.4. The molecule has 0 radical (unpaired) electrons. The quantitative estimate of drug-likeness (QED) is 0.617. The topological polar surface area (TPSA) is 81.4 Å². The van der Waals surface area contributed by atoms with Gasteiger partial charge in [0.25, 0.3) is 5.91 Å². The third kappa shape index (κ3) is 4.32. The number of piperazine rings is 1. The Labute approximate surface area is 176 Å². The molecule has 8 heteroatoms. The smallest absolute Gasteiger partial charge is 0.289 e. The predicted octanol–water partition coefficient (Wildman–Crippen LogP) is 1.94. The van der Waals surface area contributed by atoms with Crippen molar-refractivity contribution in [2.45, 2.75) is 19.4 Å². The third-order valence-electron chi connectivity index (χ3n) is 5.58. The summed E-state index contributed by atoms with van der Waals surface area (Å²) in [5.41, 5.74) is 2.08. The maximum Gasteiger partial charge on any atom is 0.289 e. The molecule has 2 aliphatic heterocycles. The molecule has 158 valence electrons. The van der Waals surface area contributed by atoms with Crippen molar-refractivity contribution in [2.24, 2.45) is 4.99 Å². The number of furan rings is 1. The fourth-order valence-corrected chi connectivity index (χ4v) is 3.91. The van der Waals surface area contributed by atoms with Crippen LogP contribution in [0.1, 0.15) is 29.0 Å². The van der Waals surface area contributed by atoms with Gasteiger partial charge in [0, 0.05) is 58.4 Å². The lowest BCUT2D eigenvalue weighted by Crippen LogP contribution is -2.53. The molecule has 0 aliphatic carbocycles. The van der Waals surface area contributed by atoms with Crippen LogP contribution in [-0.2, 0) is 11.3 Å². The fourth-order valence-electron chi connectivity index (χ4n) is 3.91. The molecule has 0 spiro atoms. The summed E-state index contributed by atoms with van der Waals surface area (Å²) in [5, 5.41) is 3.40. The molecule has 0 saturated carbocycles. The van der Waals surface area contributed by atoms with Gasteiger partial charge in [-0.25, -0.2) is 0 Å². The van der Waals surface area contributed by atoms with Gasteiger partial charge in [-0.05, 0) is 36.2 Å². The Morgan fingerprint density at radius 1 is 1.07 bits per heavy atom. The zero-order valence-corrected chi connectivity index (χ0v) is 17.2. The first kappa shape index (κ1) is 20.0. The molecule has 8 nitrogen and oxygen atoms in total. The van der Waals surface area contributed by atoms with Crippen molar-refractivity contribution >= 4 is 23.5 Å². The van der Waals surface area contributed by atoms with Gasteiger partial charge < -0.3 is 24.4 Å². The highest BCUT2D eigenvalue weighted by Gasteiger charge is 2.25. The fraction of sp³-hybridized carbons (Fsp3) is 0.409. The number of carbonyl (C=O) groups is 2. The largest absolute Gasteiger partial charge is 0.459 e. The van der Waals surface area contributed by atoms with Gasteiger partial charge in [-0.1, -0.05) is 12.1 Å². The van der Waals surface area contributed by atoms with Crippen LogP contribution in [0.4, 0.5) is 5.69 Å². The molecule has 1 aromatic carbocycles. The van der Waals surface area contributed by atoms with Crippen molar-refractivity contribution in [1.82, 2.24) is 15.1 Å². The van der Waals surface area contributed by atoms with Crippen molar-refractivity contribution in [3.63, 3.8) is 0 Å². The van der Waals surface area contributed by atoms with Crippen LogP contribution in [0.3, 0.4) is 0 Å². The molecular formula is C22H27N5O3. The van der Waals surface area contributed by atoms with E-state index in [2.05, 4.69) is 15.2 Å². The SMILES string of the molecule is CN=C(NCc1ccc(N2CCCC2=O)cc1)N1CCN(C(=O)c2ccco2)CC1. The molecule has 2 aromatic rings. The van der Waals surface area contributed by atoms with Gasteiger partial charge in [0.05, 0.1) is 6.26 Å². The molecule has 30 heavy (non-hydrogen) atoms. The molecule has 1 N–H and O–H groups in total. The van der Waals surface area contributed by atoms with E-state index in [4.69, 9.17) is 4.42 Å². The van der Waals surface area contributed by atoms with Crippen molar-refractivity contribution in [3.8, 4) is 0 Å². The molecule has 2 saturated heterocycles. The van der Waals surface area contributed by atoms with Crippen molar-refractivity contribution in [2.75, 3.05) is 44.7 Å². The Balaban J connectivity index is 1.28. The summed E-state index contributed by atoms with van der Waals surface area (Å²) >= 11 is 0. The normalized spacial score (nSPS) is 17.6. The molecule has 0 bridgehead atoms. The van der Waals surface area contributed by atoms with Gasteiger partial charge in [0.15, 0.2) is 11.7 Å². The van der Waals surface area contributed by atoms with E-state index in [-0.39, 0.29) is 11.8 Å². The van der Waals surface area contributed by atoms with Gasteiger partial charge >= 0.3 is 0 Å². The summed E-state index contributed by atoms with van der Waals surface area (Å²) in [6, 6.07) is 11.5. The Hall–Kier alpha value is -3.29. The average molecular weight is 409 g/mol. The summed E-state index contributed by atoms with van der Waals surface area (Å²) < 4.78 is 5.22. The Morgan fingerprint density at radius 2 is 1.80 bits per heavy atom. The first-order chi connectivity index (χ1) is 14.7. The van der Waals surface area contributed by atoms with Gasteiger partial charge in [0.2, 0.25) is 5.91 Å². The van der Waals surface area contributed by atoms with E-state index >= 15 is 0 Å². The molecule has 1 aromatic heterocycles. The summed E-state index contributed by atoms with van der Waals surface area (Å²) in [7, 11) is 1.77. The summed E-state index contributed by atoms with van der Waals surface area (Å²) in [5.74, 6) is 1.33. The zero-order chi connectivity index (χ0) is 20.9. The number of rotatable bonds is 4. The molecule has 2 fully saturated rings. The third-order valence-corrected chi connectivity index (χ3v) is 5.58. The van der Waals surface area contributed by atoms with Crippen LogP contribution in [0.5, 0.6) is 0 Å². The lowest BCUT2D eigenvalue weighted by Gasteiger charge is -2.36. The average Bonchev–Trinajstić information content (AvgIpc) is 3.47. The van der Waals surface area contributed by atoms with E-state index in [0.717, 1.165) is 30.2 Å². The second-order valence-electron chi connectivity index (χ2n) is 7.47. The van der Waals surface area contributed by atoms with Crippen LogP contribution in [-0.4, -0.2) is 67.3 Å². The van der Waals surface area contributed by atoms with Crippen LogP contribution in [0.2, 0.25) is 0 Å². The highest BCUT2D eigenvalue weighted by Crippen LogP contribution is 2.21. The summed E-state index contributed by atoms with van der Waals surface area (Å²) in [6.45, 7) is 4.12. The van der Waals surface area contributed by atoms with Crippen LogP contribution in [0.25, 0.3) is 0 Å². The number of benzene rings is 1. The van der Waals surface area contributed by atoms with E-state index in [1.807, 2.05) is 29.2 Å². The van der Waals surface area contributed by atoms with Crippen LogP contribution in [0.15, 0.2) is 52.1 Å². The molecule has 2 amide bonds. The number of nitrogens with zero attached hydrogens (tertiary/aromatic N) is 4. The van der Waals surface area contributed by atoms with Crippen molar-refractivity contribution in [1.29, 1.82) is 0 Å². The Bertz CT molecular complexity index is 899. The van der Waals surface area contributed by atoms with Crippen LogP contribution in [0, 0.1) is 0 Å². The highest BCUT2D eigenvalue weighted by molar-refractivity contribution is 5.95. The van der Waals surface area contributed by atoms with Crippen molar-refractivity contribution < 1.29 is 14.0 Å². The summed E-state index contributed by atoms with van der Waals surface area (Å²) in [6.07, 6.45) is 3.09. The zero-order valence-electron chi connectivity index (χ0n) is 17.2. The molecule has 0 unspecified atom stereocenters. The van der Waals surface area contributed by atoms with Crippen LogP contribution >= 0.6 is 0 Å².